The highest BCUT2D eigenvalue weighted by atomic mass is 32.2. The lowest BCUT2D eigenvalue weighted by Gasteiger charge is -2.41. The first-order chi connectivity index (χ1) is 9.76. The molecule has 2 heteroatoms. The first-order valence-electron chi connectivity index (χ1n) is 9.04. The van der Waals surface area contributed by atoms with Crippen molar-refractivity contribution in [2.75, 3.05) is 24.6 Å². The van der Waals surface area contributed by atoms with E-state index in [1.54, 1.807) is 0 Å². The predicted octanol–water partition coefficient (Wildman–Crippen LogP) is 5.50. The molecule has 0 spiro atoms. The monoisotopic (exact) mass is 299 g/mol. The SMILES string of the molecule is CCCCC1CCC(CCSCC)(CNCCC)CC1. The summed E-state index contributed by atoms with van der Waals surface area (Å²) in [5.41, 5.74) is 0.625. The van der Waals surface area contributed by atoms with Gasteiger partial charge in [-0.2, -0.15) is 11.8 Å². The Hall–Kier alpha value is 0.310. The molecule has 120 valence electrons. The minimum atomic E-state index is 0.625. The number of hydrogen-bond acceptors (Lipinski definition) is 2. The van der Waals surface area contributed by atoms with Gasteiger partial charge in [0.2, 0.25) is 0 Å². The summed E-state index contributed by atoms with van der Waals surface area (Å²) in [7, 11) is 0. The third kappa shape index (κ3) is 6.85. The molecule has 1 nitrogen and oxygen atoms in total. The molecular weight excluding hydrogens is 262 g/mol. The normalized spacial score (nSPS) is 26.9. The molecule has 1 saturated carbocycles. The number of rotatable bonds is 11. The van der Waals surface area contributed by atoms with Gasteiger partial charge in [-0.3, -0.25) is 0 Å². The van der Waals surface area contributed by atoms with Crippen LogP contribution in [0.2, 0.25) is 0 Å². The summed E-state index contributed by atoms with van der Waals surface area (Å²) in [6.07, 6.45) is 12.9. The molecule has 0 saturated heterocycles. The topological polar surface area (TPSA) is 12.0 Å². The van der Waals surface area contributed by atoms with Crippen LogP contribution in [-0.4, -0.2) is 24.6 Å². The van der Waals surface area contributed by atoms with E-state index in [2.05, 4.69) is 37.8 Å². The van der Waals surface area contributed by atoms with E-state index in [1.807, 2.05) is 0 Å². The van der Waals surface area contributed by atoms with E-state index >= 15 is 0 Å². The van der Waals surface area contributed by atoms with Gasteiger partial charge in [-0.25, -0.2) is 0 Å². The van der Waals surface area contributed by atoms with Crippen molar-refractivity contribution >= 4 is 11.8 Å². The second-order valence-electron chi connectivity index (χ2n) is 6.71. The van der Waals surface area contributed by atoms with Crippen LogP contribution >= 0.6 is 11.8 Å². The first kappa shape index (κ1) is 18.4. The molecule has 1 fully saturated rings. The highest BCUT2D eigenvalue weighted by Gasteiger charge is 2.34. The molecule has 0 unspecified atom stereocenters. The van der Waals surface area contributed by atoms with E-state index in [0.717, 1.165) is 5.92 Å². The summed E-state index contributed by atoms with van der Waals surface area (Å²) < 4.78 is 0. The van der Waals surface area contributed by atoms with E-state index < -0.39 is 0 Å². The second-order valence-corrected chi connectivity index (χ2v) is 8.10. The molecule has 0 aliphatic heterocycles. The summed E-state index contributed by atoms with van der Waals surface area (Å²) in [6.45, 7) is 9.35. The van der Waals surface area contributed by atoms with Crippen LogP contribution in [0.15, 0.2) is 0 Å². The summed E-state index contributed by atoms with van der Waals surface area (Å²) in [4.78, 5) is 0. The molecule has 0 atom stereocenters. The zero-order chi connectivity index (χ0) is 14.7. The maximum atomic E-state index is 3.72. The van der Waals surface area contributed by atoms with Crippen LogP contribution in [0.3, 0.4) is 0 Å². The third-order valence-electron chi connectivity index (χ3n) is 5.04. The highest BCUT2D eigenvalue weighted by Crippen LogP contribution is 2.43. The Morgan fingerprint density at radius 2 is 1.85 bits per heavy atom. The average Bonchev–Trinajstić information content (AvgIpc) is 2.47. The van der Waals surface area contributed by atoms with Crippen LogP contribution in [-0.2, 0) is 0 Å². The van der Waals surface area contributed by atoms with Crippen LogP contribution < -0.4 is 5.32 Å². The van der Waals surface area contributed by atoms with Crippen molar-refractivity contribution < 1.29 is 0 Å². The second kappa shape index (κ2) is 11.0. The Morgan fingerprint density at radius 3 is 2.45 bits per heavy atom. The van der Waals surface area contributed by atoms with E-state index in [1.165, 1.54) is 82.4 Å². The molecule has 0 aromatic carbocycles. The summed E-state index contributed by atoms with van der Waals surface area (Å²) in [6, 6.07) is 0. The molecule has 1 N–H and O–H groups in total. The molecule has 0 amide bonds. The van der Waals surface area contributed by atoms with E-state index in [-0.39, 0.29) is 0 Å². The van der Waals surface area contributed by atoms with Crippen LogP contribution in [0.4, 0.5) is 0 Å². The molecule has 1 rings (SSSR count). The third-order valence-corrected chi connectivity index (χ3v) is 5.94. The molecule has 20 heavy (non-hydrogen) atoms. The largest absolute Gasteiger partial charge is 0.316 e. The van der Waals surface area contributed by atoms with E-state index in [0.29, 0.717) is 5.41 Å². The van der Waals surface area contributed by atoms with E-state index in [4.69, 9.17) is 0 Å². The van der Waals surface area contributed by atoms with Crippen molar-refractivity contribution in [2.45, 2.75) is 78.6 Å². The standard InChI is InChI=1S/C18H37NS/c1-4-7-8-17-9-11-18(12-10-17,13-15-20-6-3)16-19-14-5-2/h17,19H,4-16H2,1-3H3. The Labute approximate surface area is 132 Å². The lowest BCUT2D eigenvalue weighted by Crippen LogP contribution is -2.38. The molecule has 0 aromatic heterocycles. The molecule has 0 heterocycles. The van der Waals surface area contributed by atoms with Gasteiger partial charge in [0.15, 0.2) is 0 Å². The van der Waals surface area contributed by atoms with Gasteiger partial charge >= 0.3 is 0 Å². The van der Waals surface area contributed by atoms with Crippen molar-refractivity contribution in [3.8, 4) is 0 Å². The van der Waals surface area contributed by atoms with Crippen molar-refractivity contribution in [2.24, 2.45) is 11.3 Å². The van der Waals surface area contributed by atoms with Gasteiger partial charge in [-0.15, -0.1) is 0 Å². The Bertz CT molecular complexity index is 209. The van der Waals surface area contributed by atoms with Crippen molar-refractivity contribution in [1.82, 2.24) is 5.32 Å². The number of unbranched alkanes of at least 4 members (excludes halogenated alkanes) is 1. The maximum absolute atomic E-state index is 3.72. The first-order valence-corrected chi connectivity index (χ1v) is 10.2. The quantitative estimate of drug-likeness (QED) is 0.506. The predicted molar refractivity (Wildman–Crippen MR) is 94.7 cm³/mol. The number of nitrogens with one attached hydrogen (secondary N) is 1. The Kier molecular flexibility index (Phi) is 10.1. The van der Waals surface area contributed by atoms with Gasteiger partial charge in [-0.1, -0.05) is 40.0 Å². The smallest absolute Gasteiger partial charge is 0.000810 e. The fourth-order valence-corrected chi connectivity index (χ4v) is 4.42. The van der Waals surface area contributed by atoms with Crippen molar-refractivity contribution in [3.05, 3.63) is 0 Å². The van der Waals surface area contributed by atoms with Crippen molar-refractivity contribution in [1.29, 1.82) is 0 Å². The lowest BCUT2D eigenvalue weighted by atomic mass is 9.68. The minimum absolute atomic E-state index is 0.625. The average molecular weight is 300 g/mol. The van der Waals surface area contributed by atoms with Crippen LogP contribution in [0.25, 0.3) is 0 Å². The highest BCUT2D eigenvalue weighted by molar-refractivity contribution is 7.99. The molecule has 0 aromatic rings. The Balaban J connectivity index is 2.39. The lowest BCUT2D eigenvalue weighted by molar-refractivity contribution is 0.135. The van der Waals surface area contributed by atoms with E-state index in [9.17, 15) is 0 Å². The minimum Gasteiger partial charge on any atom is -0.316 e. The fourth-order valence-electron chi connectivity index (χ4n) is 3.55. The number of hydrogen-bond donors (Lipinski definition) is 1. The molecule has 0 radical (unpaired) electrons. The van der Waals surface area contributed by atoms with Gasteiger partial charge < -0.3 is 5.32 Å². The molecule has 1 aliphatic rings. The van der Waals surface area contributed by atoms with Gasteiger partial charge in [0.05, 0.1) is 0 Å². The van der Waals surface area contributed by atoms with Crippen LogP contribution in [0.1, 0.15) is 78.6 Å². The van der Waals surface area contributed by atoms with Crippen molar-refractivity contribution in [3.63, 3.8) is 0 Å². The van der Waals surface area contributed by atoms with Gasteiger partial charge in [0, 0.05) is 6.54 Å². The van der Waals surface area contributed by atoms with Gasteiger partial charge in [0.1, 0.15) is 0 Å². The zero-order valence-electron chi connectivity index (χ0n) is 14.2. The number of thioether (sulfide) groups is 1. The maximum Gasteiger partial charge on any atom is 0.000810 e. The summed E-state index contributed by atoms with van der Waals surface area (Å²) in [5, 5.41) is 3.72. The summed E-state index contributed by atoms with van der Waals surface area (Å²) >= 11 is 2.13. The van der Waals surface area contributed by atoms with Gasteiger partial charge in [0.25, 0.3) is 0 Å². The van der Waals surface area contributed by atoms with Crippen LogP contribution in [0, 0.1) is 11.3 Å². The summed E-state index contributed by atoms with van der Waals surface area (Å²) in [5.74, 6) is 3.68. The molecular formula is C18H37NS. The fraction of sp³-hybridized carbons (Fsp3) is 1.00. The molecule has 0 bridgehead atoms. The van der Waals surface area contributed by atoms with Gasteiger partial charge in [-0.05, 0) is 67.9 Å². The van der Waals surface area contributed by atoms with Crippen LogP contribution in [0.5, 0.6) is 0 Å². The Morgan fingerprint density at radius 1 is 1.10 bits per heavy atom. The zero-order valence-corrected chi connectivity index (χ0v) is 15.0. The molecule has 1 aliphatic carbocycles.